The molecule has 2 unspecified atom stereocenters. The molecule has 0 spiro atoms. The largest absolute Gasteiger partial charge is 0.382 e. The highest BCUT2D eigenvalue weighted by Gasteiger charge is 2.51. The minimum absolute atomic E-state index is 0.00182. The molecule has 1 aliphatic carbocycles. The third-order valence-electron chi connectivity index (χ3n) is 5.07. The molecule has 0 saturated heterocycles. The molecule has 0 radical (unpaired) electrons. The number of carbonyl (C=O) groups excluding carboxylic acids is 1. The summed E-state index contributed by atoms with van der Waals surface area (Å²) >= 11 is 12.1. The van der Waals surface area contributed by atoms with E-state index in [2.05, 4.69) is 10.3 Å². The van der Waals surface area contributed by atoms with Gasteiger partial charge in [0, 0.05) is 34.9 Å². The topological polar surface area (TPSA) is 88.2 Å². The summed E-state index contributed by atoms with van der Waals surface area (Å²) in [7, 11) is 0. The van der Waals surface area contributed by atoms with E-state index < -0.39 is 17.2 Å². The molecule has 27 heavy (non-hydrogen) atoms. The molecule has 1 aromatic carbocycles. The number of aryl methyl sites for hydroxylation is 1. The highest BCUT2D eigenvalue weighted by molar-refractivity contribution is 6.35. The zero-order valence-corrected chi connectivity index (χ0v) is 16.2. The quantitative estimate of drug-likeness (QED) is 0.720. The zero-order valence-electron chi connectivity index (χ0n) is 14.7. The Morgan fingerprint density at radius 3 is 2.81 bits per heavy atom. The first-order chi connectivity index (χ1) is 12.7. The van der Waals surface area contributed by atoms with Gasteiger partial charge in [-0.15, -0.1) is 0 Å². The first kappa shape index (κ1) is 20.0. The van der Waals surface area contributed by atoms with Crippen LogP contribution in [0.1, 0.15) is 35.2 Å². The van der Waals surface area contributed by atoms with Crippen LogP contribution in [0.3, 0.4) is 0 Å². The van der Waals surface area contributed by atoms with Crippen LogP contribution in [0.25, 0.3) is 0 Å². The molecule has 0 fully saturated rings. The molecule has 8 heteroatoms. The van der Waals surface area contributed by atoms with Gasteiger partial charge < -0.3 is 16.2 Å². The molecule has 0 saturated carbocycles. The summed E-state index contributed by atoms with van der Waals surface area (Å²) in [5.74, 6) is -0.804. The summed E-state index contributed by atoms with van der Waals surface area (Å²) in [5.41, 5.74) is 3.52. The number of hydrogen-bond donors (Lipinski definition) is 3. The van der Waals surface area contributed by atoms with Crippen molar-refractivity contribution < 1.29 is 14.3 Å². The highest BCUT2D eigenvalue weighted by atomic mass is 35.5. The van der Waals surface area contributed by atoms with Crippen LogP contribution in [-0.2, 0) is 22.6 Å². The second kappa shape index (κ2) is 7.36. The third kappa shape index (κ3) is 3.55. The summed E-state index contributed by atoms with van der Waals surface area (Å²) in [4.78, 5) is 16.8. The van der Waals surface area contributed by atoms with Crippen molar-refractivity contribution in [1.82, 2.24) is 10.3 Å². The zero-order chi connectivity index (χ0) is 19.8. The molecule has 2 atom stereocenters. The lowest BCUT2D eigenvalue weighted by atomic mass is 9.74. The molecule has 1 amide bonds. The fourth-order valence-corrected chi connectivity index (χ4v) is 4.09. The molecular formula is C19H20Cl2FN3O2. The Balaban J connectivity index is 1.88. The van der Waals surface area contributed by atoms with Crippen LogP contribution in [-0.4, -0.2) is 22.5 Å². The number of carbonyl (C=O) groups is 1. The SMILES string of the molecule is Cc1cc(Cl)cc(Cl)c1CNC(=O)C1(F)CCC(O)(CN)c2ncccc21. The van der Waals surface area contributed by atoms with Gasteiger partial charge in [0.1, 0.15) is 5.60 Å². The number of amides is 1. The second-order valence-electron chi connectivity index (χ2n) is 6.80. The van der Waals surface area contributed by atoms with Gasteiger partial charge in [-0.25, -0.2) is 4.39 Å². The summed E-state index contributed by atoms with van der Waals surface area (Å²) in [6, 6.07) is 6.29. The molecule has 1 heterocycles. The molecule has 2 aromatic rings. The summed E-state index contributed by atoms with van der Waals surface area (Å²) in [5, 5.41) is 14.1. The Morgan fingerprint density at radius 1 is 1.41 bits per heavy atom. The molecule has 0 aliphatic heterocycles. The molecular weight excluding hydrogens is 392 g/mol. The molecule has 3 rings (SSSR count). The normalized spacial score (nSPS) is 24.4. The highest BCUT2D eigenvalue weighted by Crippen LogP contribution is 2.45. The fourth-order valence-electron chi connectivity index (χ4n) is 3.43. The predicted molar refractivity (Wildman–Crippen MR) is 102 cm³/mol. The lowest BCUT2D eigenvalue weighted by Gasteiger charge is -2.39. The first-order valence-corrected chi connectivity index (χ1v) is 9.27. The Bertz CT molecular complexity index is 872. The molecule has 144 valence electrons. The minimum atomic E-state index is -2.31. The third-order valence-corrected chi connectivity index (χ3v) is 5.62. The maximum atomic E-state index is 15.7. The van der Waals surface area contributed by atoms with Crippen LogP contribution in [0, 0.1) is 6.92 Å². The van der Waals surface area contributed by atoms with Gasteiger partial charge in [0.15, 0.2) is 0 Å². The van der Waals surface area contributed by atoms with Crippen LogP contribution in [0.5, 0.6) is 0 Å². The number of pyridine rings is 1. The number of aliphatic hydroxyl groups is 1. The maximum absolute atomic E-state index is 15.7. The van der Waals surface area contributed by atoms with Crippen LogP contribution in [0.2, 0.25) is 10.0 Å². The van der Waals surface area contributed by atoms with Crippen LogP contribution < -0.4 is 11.1 Å². The van der Waals surface area contributed by atoms with E-state index in [9.17, 15) is 9.90 Å². The van der Waals surface area contributed by atoms with Crippen molar-refractivity contribution in [2.24, 2.45) is 5.73 Å². The van der Waals surface area contributed by atoms with E-state index in [0.717, 1.165) is 5.56 Å². The summed E-state index contributed by atoms with van der Waals surface area (Å²) < 4.78 is 15.7. The van der Waals surface area contributed by atoms with Gasteiger partial charge in [-0.05, 0) is 49.1 Å². The Hall–Kier alpha value is -1.73. The van der Waals surface area contributed by atoms with Gasteiger partial charge in [0.25, 0.3) is 5.91 Å². The molecule has 4 N–H and O–H groups in total. The Morgan fingerprint density at radius 2 is 2.15 bits per heavy atom. The van der Waals surface area contributed by atoms with Crippen molar-refractivity contribution in [2.75, 3.05) is 6.54 Å². The van der Waals surface area contributed by atoms with Crippen molar-refractivity contribution in [3.05, 3.63) is 62.9 Å². The number of nitrogens with two attached hydrogens (primary N) is 1. The monoisotopic (exact) mass is 411 g/mol. The number of halogens is 3. The number of rotatable bonds is 4. The molecule has 1 aliphatic rings. The average Bonchev–Trinajstić information content (AvgIpc) is 2.64. The second-order valence-corrected chi connectivity index (χ2v) is 7.65. The fraction of sp³-hybridized carbons (Fsp3) is 0.368. The van der Waals surface area contributed by atoms with Crippen LogP contribution >= 0.6 is 23.2 Å². The lowest BCUT2D eigenvalue weighted by molar-refractivity contribution is -0.137. The van der Waals surface area contributed by atoms with Crippen molar-refractivity contribution in [3.63, 3.8) is 0 Å². The number of aromatic nitrogens is 1. The summed E-state index contributed by atoms with van der Waals surface area (Å²) in [6.07, 6.45) is 1.25. The summed E-state index contributed by atoms with van der Waals surface area (Å²) in [6.45, 7) is 1.77. The van der Waals surface area contributed by atoms with Crippen LogP contribution in [0.4, 0.5) is 4.39 Å². The lowest BCUT2D eigenvalue weighted by Crippen LogP contribution is -2.50. The van der Waals surface area contributed by atoms with Crippen molar-refractivity contribution in [1.29, 1.82) is 0 Å². The van der Waals surface area contributed by atoms with Gasteiger partial charge in [-0.1, -0.05) is 29.3 Å². The molecule has 1 aromatic heterocycles. The van der Waals surface area contributed by atoms with Crippen molar-refractivity contribution in [2.45, 2.75) is 37.6 Å². The van der Waals surface area contributed by atoms with E-state index in [-0.39, 0.29) is 37.2 Å². The van der Waals surface area contributed by atoms with E-state index in [1.54, 1.807) is 12.1 Å². The molecule has 5 nitrogen and oxygen atoms in total. The number of nitrogens with zero attached hydrogens (tertiary/aromatic N) is 1. The minimum Gasteiger partial charge on any atom is -0.382 e. The Kier molecular flexibility index (Phi) is 5.45. The van der Waals surface area contributed by atoms with Crippen molar-refractivity contribution in [3.8, 4) is 0 Å². The predicted octanol–water partition coefficient (Wildman–Crippen LogP) is 3.12. The molecule has 0 bridgehead atoms. The Labute approximate surface area is 166 Å². The van der Waals surface area contributed by atoms with Gasteiger partial charge >= 0.3 is 0 Å². The number of hydrogen-bond acceptors (Lipinski definition) is 4. The van der Waals surface area contributed by atoms with E-state index in [1.165, 1.54) is 18.3 Å². The van der Waals surface area contributed by atoms with Gasteiger partial charge in [-0.2, -0.15) is 0 Å². The maximum Gasteiger partial charge on any atom is 0.262 e. The van der Waals surface area contributed by atoms with Crippen LogP contribution in [0.15, 0.2) is 30.5 Å². The van der Waals surface area contributed by atoms with Gasteiger partial charge in [0.2, 0.25) is 5.67 Å². The van der Waals surface area contributed by atoms with Gasteiger partial charge in [-0.3, -0.25) is 9.78 Å². The van der Waals surface area contributed by atoms with Gasteiger partial charge in [0.05, 0.1) is 5.69 Å². The smallest absolute Gasteiger partial charge is 0.262 e. The standard InChI is InChI=1S/C19H20Cl2FN3O2/c1-11-7-12(20)8-15(21)13(11)9-25-17(26)19(22)5-4-18(27,10-23)16-14(19)3-2-6-24-16/h2-3,6-8,27H,4-5,9-10,23H2,1H3,(H,25,26). The number of fused-ring (bicyclic) bond motifs is 1. The van der Waals surface area contributed by atoms with Crippen molar-refractivity contribution >= 4 is 29.1 Å². The van der Waals surface area contributed by atoms with E-state index in [0.29, 0.717) is 15.6 Å². The average molecular weight is 412 g/mol. The number of alkyl halides is 1. The first-order valence-electron chi connectivity index (χ1n) is 8.51. The number of nitrogens with one attached hydrogen (secondary N) is 1. The van der Waals surface area contributed by atoms with E-state index in [4.69, 9.17) is 28.9 Å². The van der Waals surface area contributed by atoms with E-state index >= 15 is 4.39 Å². The van der Waals surface area contributed by atoms with E-state index in [1.807, 2.05) is 6.92 Å². The number of benzene rings is 1.